The van der Waals surface area contributed by atoms with Crippen molar-refractivity contribution in [1.29, 1.82) is 0 Å². The average molecular weight is 377 g/mol. The van der Waals surface area contributed by atoms with E-state index < -0.39 is 0 Å². The van der Waals surface area contributed by atoms with Crippen molar-refractivity contribution in [1.82, 2.24) is 0 Å². The lowest BCUT2D eigenvalue weighted by Gasteiger charge is -2.41. The molecular formula is C17H17BrN2O3. The van der Waals surface area contributed by atoms with E-state index in [1.807, 2.05) is 25.1 Å². The molecule has 0 radical (unpaired) electrons. The zero-order valence-corrected chi connectivity index (χ0v) is 14.5. The Labute approximate surface area is 143 Å². The summed E-state index contributed by atoms with van der Waals surface area (Å²) in [4.78, 5) is 28.4. The van der Waals surface area contributed by atoms with Gasteiger partial charge in [0.05, 0.1) is 23.7 Å². The van der Waals surface area contributed by atoms with Crippen molar-refractivity contribution in [2.45, 2.75) is 26.3 Å². The second kappa shape index (κ2) is 6.20. The molecule has 120 valence electrons. The Morgan fingerprint density at radius 3 is 2.70 bits per heavy atom. The molecule has 0 saturated heterocycles. The minimum Gasteiger partial charge on any atom is -0.459 e. The second-order valence-corrected chi connectivity index (χ2v) is 6.39. The van der Waals surface area contributed by atoms with E-state index in [2.05, 4.69) is 15.9 Å². The Morgan fingerprint density at radius 1 is 1.30 bits per heavy atom. The van der Waals surface area contributed by atoms with E-state index >= 15 is 0 Å². The third-order valence-corrected chi connectivity index (χ3v) is 4.53. The number of fused-ring (bicyclic) bond motifs is 1. The molecule has 23 heavy (non-hydrogen) atoms. The summed E-state index contributed by atoms with van der Waals surface area (Å²) in [6, 6.07) is 8.89. The van der Waals surface area contributed by atoms with Crippen molar-refractivity contribution in [2.75, 3.05) is 16.3 Å². The highest BCUT2D eigenvalue weighted by Gasteiger charge is 2.36. The number of amides is 2. The first-order valence-electron chi connectivity index (χ1n) is 7.47. The van der Waals surface area contributed by atoms with E-state index in [9.17, 15) is 9.59 Å². The molecule has 1 unspecified atom stereocenters. The number of hydrogen-bond donors (Lipinski definition) is 0. The maximum absolute atomic E-state index is 12.8. The van der Waals surface area contributed by atoms with Crippen LogP contribution >= 0.6 is 15.9 Å². The molecule has 1 aliphatic heterocycles. The Morgan fingerprint density at radius 2 is 2.09 bits per heavy atom. The van der Waals surface area contributed by atoms with E-state index in [-0.39, 0.29) is 17.9 Å². The fourth-order valence-electron chi connectivity index (χ4n) is 2.97. The van der Waals surface area contributed by atoms with Gasteiger partial charge in [-0.05, 0) is 36.8 Å². The van der Waals surface area contributed by atoms with Gasteiger partial charge in [0.25, 0.3) is 5.91 Å². The van der Waals surface area contributed by atoms with Gasteiger partial charge in [0.1, 0.15) is 0 Å². The molecule has 0 aliphatic carbocycles. The first-order valence-corrected chi connectivity index (χ1v) is 8.27. The fourth-order valence-corrected chi connectivity index (χ4v) is 3.32. The lowest BCUT2D eigenvalue weighted by molar-refractivity contribution is -0.117. The maximum Gasteiger partial charge on any atom is 0.294 e. The van der Waals surface area contributed by atoms with Crippen LogP contribution in [0.4, 0.5) is 11.4 Å². The Bertz CT molecular complexity index is 742. The highest BCUT2D eigenvalue weighted by atomic mass is 79.9. The molecule has 2 aromatic rings. The van der Waals surface area contributed by atoms with Crippen LogP contribution < -0.4 is 9.80 Å². The van der Waals surface area contributed by atoms with Crippen LogP contribution in [-0.4, -0.2) is 24.4 Å². The zero-order chi connectivity index (χ0) is 16.6. The van der Waals surface area contributed by atoms with E-state index in [0.717, 1.165) is 16.6 Å². The predicted octanol–water partition coefficient (Wildman–Crippen LogP) is 3.83. The van der Waals surface area contributed by atoms with Crippen LogP contribution in [0.1, 0.15) is 30.8 Å². The molecule has 1 aliphatic rings. The third kappa shape index (κ3) is 2.79. The van der Waals surface area contributed by atoms with Gasteiger partial charge in [-0.25, -0.2) is 0 Å². The summed E-state index contributed by atoms with van der Waals surface area (Å²) in [6.07, 6.45) is 2.25. The number of benzene rings is 1. The molecule has 0 spiro atoms. The van der Waals surface area contributed by atoms with Crippen LogP contribution in [0, 0.1) is 0 Å². The zero-order valence-electron chi connectivity index (χ0n) is 13.0. The number of furan rings is 1. The lowest BCUT2D eigenvalue weighted by atomic mass is 10.0. The molecule has 2 heterocycles. The van der Waals surface area contributed by atoms with Crippen LogP contribution in [0.2, 0.25) is 0 Å². The molecule has 1 aromatic carbocycles. The molecule has 2 amide bonds. The highest BCUT2D eigenvalue weighted by Crippen LogP contribution is 2.39. The standard InChI is InChI=1S/C17H17BrN2O3/c1-3-13-10-19(17(22)16-5-4-8-23-16)15-9-12(18)6-7-14(15)20(13)11(2)21/h4-9,13H,3,10H2,1-2H3. The molecule has 0 bridgehead atoms. The number of rotatable bonds is 2. The molecule has 6 heteroatoms. The Balaban J connectivity index is 2.11. The van der Waals surface area contributed by atoms with Gasteiger partial charge in [-0.2, -0.15) is 0 Å². The van der Waals surface area contributed by atoms with Gasteiger partial charge in [0, 0.05) is 17.9 Å². The number of anilines is 2. The summed E-state index contributed by atoms with van der Waals surface area (Å²) in [5.74, 6) is 0.0728. The van der Waals surface area contributed by atoms with E-state index in [4.69, 9.17) is 4.42 Å². The summed E-state index contributed by atoms with van der Waals surface area (Å²) >= 11 is 3.44. The minimum atomic E-state index is -0.198. The normalized spacial score (nSPS) is 17.1. The van der Waals surface area contributed by atoms with Gasteiger partial charge < -0.3 is 14.2 Å². The van der Waals surface area contributed by atoms with Crippen molar-refractivity contribution < 1.29 is 14.0 Å². The van der Waals surface area contributed by atoms with Crippen LogP contribution in [0.3, 0.4) is 0 Å². The SMILES string of the molecule is CCC1CN(C(=O)c2ccco2)c2cc(Br)ccc2N1C(C)=O. The summed E-state index contributed by atoms with van der Waals surface area (Å²) in [7, 11) is 0. The van der Waals surface area contributed by atoms with E-state index in [1.54, 1.807) is 28.9 Å². The van der Waals surface area contributed by atoms with Gasteiger partial charge in [-0.1, -0.05) is 22.9 Å². The predicted molar refractivity (Wildman–Crippen MR) is 91.8 cm³/mol. The molecule has 0 N–H and O–H groups in total. The second-order valence-electron chi connectivity index (χ2n) is 5.48. The van der Waals surface area contributed by atoms with Crippen molar-refractivity contribution >= 4 is 39.1 Å². The van der Waals surface area contributed by atoms with Crippen molar-refractivity contribution in [3.05, 3.63) is 46.8 Å². The van der Waals surface area contributed by atoms with Crippen LogP contribution in [0.25, 0.3) is 0 Å². The summed E-state index contributed by atoms with van der Waals surface area (Å²) < 4.78 is 6.11. The number of halogens is 1. The molecule has 3 rings (SSSR count). The smallest absolute Gasteiger partial charge is 0.294 e. The molecule has 0 saturated carbocycles. The molecule has 0 fully saturated rings. The van der Waals surface area contributed by atoms with Gasteiger partial charge in [0.2, 0.25) is 5.91 Å². The fraction of sp³-hybridized carbons (Fsp3) is 0.294. The topological polar surface area (TPSA) is 53.8 Å². The van der Waals surface area contributed by atoms with Crippen LogP contribution in [0.5, 0.6) is 0 Å². The largest absolute Gasteiger partial charge is 0.459 e. The highest BCUT2D eigenvalue weighted by molar-refractivity contribution is 9.10. The first kappa shape index (κ1) is 15.8. The van der Waals surface area contributed by atoms with Gasteiger partial charge >= 0.3 is 0 Å². The van der Waals surface area contributed by atoms with Gasteiger partial charge in [-0.15, -0.1) is 0 Å². The Hall–Kier alpha value is -2.08. The lowest BCUT2D eigenvalue weighted by Crippen LogP contribution is -2.52. The molecule has 1 atom stereocenters. The molecular weight excluding hydrogens is 360 g/mol. The monoisotopic (exact) mass is 376 g/mol. The minimum absolute atomic E-state index is 0.0227. The van der Waals surface area contributed by atoms with Gasteiger partial charge in [0.15, 0.2) is 5.76 Å². The number of carbonyl (C=O) groups excluding carboxylic acids is 2. The Kier molecular flexibility index (Phi) is 4.26. The van der Waals surface area contributed by atoms with E-state index in [1.165, 1.54) is 6.26 Å². The average Bonchev–Trinajstić information content (AvgIpc) is 3.06. The van der Waals surface area contributed by atoms with Crippen molar-refractivity contribution in [3.63, 3.8) is 0 Å². The third-order valence-electron chi connectivity index (χ3n) is 4.03. The van der Waals surface area contributed by atoms with Crippen molar-refractivity contribution in [3.8, 4) is 0 Å². The molecule has 5 nitrogen and oxygen atoms in total. The summed E-state index contributed by atoms with van der Waals surface area (Å²) in [5.41, 5.74) is 1.46. The number of hydrogen-bond acceptors (Lipinski definition) is 3. The number of nitrogens with zero attached hydrogens (tertiary/aromatic N) is 2. The van der Waals surface area contributed by atoms with Gasteiger partial charge in [-0.3, -0.25) is 9.59 Å². The molecule has 1 aromatic heterocycles. The number of carbonyl (C=O) groups is 2. The maximum atomic E-state index is 12.8. The van der Waals surface area contributed by atoms with Crippen LogP contribution in [-0.2, 0) is 4.79 Å². The van der Waals surface area contributed by atoms with Crippen LogP contribution in [0.15, 0.2) is 45.5 Å². The van der Waals surface area contributed by atoms with Crippen molar-refractivity contribution in [2.24, 2.45) is 0 Å². The first-order chi connectivity index (χ1) is 11.0. The summed E-state index contributed by atoms with van der Waals surface area (Å²) in [5, 5.41) is 0. The van der Waals surface area contributed by atoms with E-state index in [0.29, 0.717) is 18.0 Å². The summed E-state index contributed by atoms with van der Waals surface area (Å²) in [6.45, 7) is 4.01. The quantitative estimate of drug-likeness (QED) is 0.799.